The summed E-state index contributed by atoms with van der Waals surface area (Å²) >= 11 is 0. The normalized spacial score (nSPS) is 14.8. The van der Waals surface area contributed by atoms with Gasteiger partial charge in [0.15, 0.2) is 6.61 Å². The van der Waals surface area contributed by atoms with Gasteiger partial charge in [0.1, 0.15) is 0 Å². The molecular weight excluding hydrogens is 500 g/mol. The molecule has 5 rings (SSSR count). The van der Waals surface area contributed by atoms with Crippen LogP contribution < -0.4 is 5.32 Å². The summed E-state index contributed by atoms with van der Waals surface area (Å²) in [4.78, 5) is 26.1. The summed E-state index contributed by atoms with van der Waals surface area (Å²) < 4.78 is 33.6. The Hall–Kier alpha value is -3.75. The van der Waals surface area contributed by atoms with Crippen LogP contribution in [0.2, 0.25) is 0 Å². The molecule has 1 aliphatic rings. The van der Waals surface area contributed by atoms with Crippen molar-refractivity contribution in [3.63, 3.8) is 0 Å². The molecule has 38 heavy (non-hydrogen) atoms. The quantitative estimate of drug-likeness (QED) is 0.256. The number of nitrogens with zero attached hydrogens (tertiary/aromatic N) is 1. The van der Waals surface area contributed by atoms with Gasteiger partial charge in [-0.15, -0.1) is 0 Å². The van der Waals surface area contributed by atoms with Gasteiger partial charge in [0.05, 0.1) is 10.5 Å². The van der Waals surface area contributed by atoms with Crippen molar-refractivity contribution in [2.24, 2.45) is 0 Å². The number of ether oxygens (including phenoxy) is 1. The van der Waals surface area contributed by atoms with E-state index in [2.05, 4.69) is 5.32 Å². The fourth-order valence-electron chi connectivity index (χ4n) is 5.01. The molecule has 0 unspecified atom stereocenters. The fraction of sp³-hybridized carbons (Fsp3) is 0.267. The lowest BCUT2D eigenvalue weighted by atomic mass is 9.97. The number of hydrogen-bond acceptors (Lipinski definition) is 5. The van der Waals surface area contributed by atoms with Crippen LogP contribution in [0.25, 0.3) is 21.5 Å². The number of aryl methyl sites for hydroxylation is 1. The Balaban J connectivity index is 1.32. The minimum absolute atomic E-state index is 0.177. The molecule has 0 aliphatic carbocycles. The molecule has 1 saturated heterocycles. The summed E-state index contributed by atoms with van der Waals surface area (Å²) in [6.45, 7) is 2.24. The average molecular weight is 531 g/mol. The van der Waals surface area contributed by atoms with Crippen molar-refractivity contribution in [3.05, 3.63) is 83.9 Å². The molecule has 0 aromatic heterocycles. The van der Waals surface area contributed by atoms with Gasteiger partial charge in [-0.05, 0) is 65.1 Å². The van der Waals surface area contributed by atoms with Crippen LogP contribution in [-0.2, 0) is 19.6 Å². The lowest BCUT2D eigenvalue weighted by Gasteiger charge is -2.21. The zero-order chi connectivity index (χ0) is 26.7. The Labute approximate surface area is 222 Å². The van der Waals surface area contributed by atoms with Crippen molar-refractivity contribution in [1.82, 2.24) is 4.31 Å². The number of rotatable bonds is 6. The summed E-state index contributed by atoms with van der Waals surface area (Å²) in [7, 11) is -3.68. The first-order chi connectivity index (χ1) is 18.3. The number of amides is 1. The second-order valence-corrected chi connectivity index (χ2v) is 11.5. The van der Waals surface area contributed by atoms with E-state index in [4.69, 9.17) is 4.74 Å². The van der Waals surface area contributed by atoms with E-state index in [1.165, 1.54) is 10.4 Å². The molecule has 4 aromatic carbocycles. The molecule has 196 valence electrons. The number of carbonyl (C=O) groups is 2. The third-order valence-corrected chi connectivity index (χ3v) is 9.01. The summed E-state index contributed by atoms with van der Waals surface area (Å²) in [5, 5.41) is 5.98. The molecule has 4 aromatic rings. The highest BCUT2D eigenvalue weighted by molar-refractivity contribution is 7.89. The highest BCUT2D eigenvalue weighted by atomic mass is 32.2. The number of benzene rings is 4. The molecule has 1 amide bonds. The van der Waals surface area contributed by atoms with E-state index < -0.39 is 28.5 Å². The van der Waals surface area contributed by atoms with Gasteiger partial charge in [0.25, 0.3) is 5.91 Å². The lowest BCUT2D eigenvalue weighted by Crippen LogP contribution is -2.32. The highest BCUT2D eigenvalue weighted by Gasteiger charge is 2.27. The van der Waals surface area contributed by atoms with Crippen LogP contribution in [0.4, 0.5) is 5.69 Å². The Kier molecular flexibility index (Phi) is 7.44. The van der Waals surface area contributed by atoms with Crippen LogP contribution in [0, 0.1) is 6.92 Å². The Morgan fingerprint density at radius 1 is 0.842 bits per heavy atom. The van der Waals surface area contributed by atoms with Crippen LogP contribution in [0.1, 0.15) is 41.6 Å². The molecule has 1 heterocycles. The Morgan fingerprint density at radius 3 is 2.08 bits per heavy atom. The van der Waals surface area contributed by atoms with E-state index in [1.54, 1.807) is 19.1 Å². The predicted octanol–water partition coefficient (Wildman–Crippen LogP) is 5.66. The monoisotopic (exact) mass is 530 g/mol. The standard InChI is InChI=1S/C30H30N2O5S/c1-21-14-15-24(19-27(21)38(35,36)32-16-8-2-3-9-17-32)31-28(33)20-37-30(34)29-25-12-6-4-10-22(25)18-23-11-5-7-13-26(23)29/h4-7,10-15,18-19H,2-3,8-9,16-17,20H2,1H3,(H,31,33). The Morgan fingerprint density at radius 2 is 1.45 bits per heavy atom. The predicted molar refractivity (Wildman–Crippen MR) is 149 cm³/mol. The maximum absolute atomic E-state index is 13.3. The van der Waals surface area contributed by atoms with E-state index in [-0.39, 0.29) is 4.90 Å². The van der Waals surface area contributed by atoms with Gasteiger partial charge in [-0.25, -0.2) is 13.2 Å². The molecule has 1 fully saturated rings. The second kappa shape index (κ2) is 10.9. The molecule has 1 N–H and O–H groups in total. The number of carbonyl (C=O) groups excluding carboxylic acids is 2. The first-order valence-corrected chi connectivity index (χ1v) is 14.3. The summed E-state index contributed by atoms with van der Waals surface area (Å²) in [6.07, 6.45) is 3.72. The lowest BCUT2D eigenvalue weighted by molar-refractivity contribution is -0.119. The molecule has 0 atom stereocenters. The van der Waals surface area contributed by atoms with Gasteiger partial charge in [0, 0.05) is 18.8 Å². The zero-order valence-electron chi connectivity index (χ0n) is 21.3. The summed E-state index contributed by atoms with van der Waals surface area (Å²) in [5.41, 5.74) is 1.36. The number of fused-ring (bicyclic) bond motifs is 2. The molecule has 0 spiro atoms. The molecular formula is C30H30N2O5S. The maximum atomic E-state index is 13.3. The minimum atomic E-state index is -3.68. The van der Waals surface area contributed by atoms with Crippen molar-refractivity contribution in [2.45, 2.75) is 37.5 Å². The van der Waals surface area contributed by atoms with Crippen molar-refractivity contribution < 1.29 is 22.7 Å². The van der Waals surface area contributed by atoms with Gasteiger partial charge in [-0.2, -0.15) is 4.31 Å². The number of hydrogen-bond donors (Lipinski definition) is 1. The van der Waals surface area contributed by atoms with Crippen LogP contribution in [-0.4, -0.2) is 44.3 Å². The van der Waals surface area contributed by atoms with E-state index >= 15 is 0 Å². The third kappa shape index (κ3) is 5.28. The van der Waals surface area contributed by atoms with E-state index in [9.17, 15) is 18.0 Å². The maximum Gasteiger partial charge on any atom is 0.339 e. The van der Waals surface area contributed by atoms with E-state index in [1.807, 2.05) is 54.6 Å². The molecule has 0 radical (unpaired) electrons. The average Bonchev–Trinajstić information content (AvgIpc) is 3.22. The molecule has 7 nitrogen and oxygen atoms in total. The van der Waals surface area contributed by atoms with Gasteiger partial charge in [-0.3, -0.25) is 4.79 Å². The topological polar surface area (TPSA) is 92.8 Å². The first kappa shape index (κ1) is 25.9. The first-order valence-electron chi connectivity index (χ1n) is 12.8. The number of sulfonamides is 1. The minimum Gasteiger partial charge on any atom is -0.452 e. The number of esters is 1. The van der Waals surface area contributed by atoms with E-state index in [0.717, 1.165) is 47.2 Å². The van der Waals surface area contributed by atoms with Gasteiger partial charge < -0.3 is 10.1 Å². The molecule has 1 aliphatic heterocycles. The molecule has 8 heteroatoms. The van der Waals surface area contributed by atoms with E-state index in [0.29, 0.717) is 29.9 Å². The summed E-state index contributed by atoms with van der Waals surface area (Å²) in [6, 6.07) is 21.9. The van der Waals surface area contributed by atoms with Crippen molar-refractivity contribution in [3.8, 4) is 0 Å². The number of anilines is 1. The highest BCUT2D eigenvalue weighted by Crippen LogP contribution is 2.29. The van der Waals surface area contributed by atoms with Crippen molar-refractivity contribution >= 4 is 49.1 Å². The van der Waals surface area contributed by atoms with Crippen molar-refractivity contribution in [1.29, 1.82) is 0 Å². The fourth-order valence-corrected chi connectivity index (χ4v) is 6.78. The van der Waals surface area contributed by atoms with Crippen LogP contribution in [0.15, 0.2) is 77.7 Å². The van der Waals surface area contributed by atoms with Crippen LogP contribution in [0.3, 0.4) is 0 Å². The molecule has 0 saturated carbocycles. The van der Waals surface area contributed by atoms with Gasteiger partial charge >= 0.3 is 5.97 Å². The Bertz CT molecular complexity index is 1570. The van der Waals surface area contributed by atoms with Crippen LogP contribution >= 0.6 is 0 Å². The smallest absolute Gasteiger partial charge is 0.339 e. The third-order valence-electron chi connectivity index (χ3n) is 6.96. The van der Waals surface area contributed by atoms with Crippen LogP contribution in [0.5, 0.6) is 0 Å². The zero-order valence-corrected chi connectivity index (χ0v) is 22.1. The largest absolute Gasteiger partial charge is 0.452 e. The summed E-state index contributed by atoms with van der Waals surface area (Å²) in [5.74, 6) is -1.15. The van der Waals surface area contributed by atoms with Crippen molar-refractivity contribution in [2.75, 3.05) is 25.0 Å². The second-order valence-electron chi connectivity index (χ2n) is 9.62. The number of nitrogens with one attached hydrogen (secondary N) is 1. The van der Waals surface area contributed by atoms with Gasteiger partial charge in [-0.1, -0.05) is 67.4 Å². The molecule has 0 bridgehead atoms. The van der Waals surface area contributed by atoms with Gasteiger partial charge in [0.2, 0.25) is 10.0 Å². The SMILES string of the molecule is Cc1ccc(NC(=O)COC(=O)c2c3ccccc3cc3ccccc23)cc1S(=O)(=O)N1CCCCCC1.